The minimum Gasteiger partial charge on any atom is -0.481 e. The fourth-order valence-corrected chi connectivity index (χ4v) is 3.23. The molecule has 0 radical (unpaired) electrons. The normalized spacial score (nSPS) is 11.5. The number of hydrogen-bond acceptors (Lipinski definition) is 6. The molecule has 0 saturated carbocycles. The minimum absolute atomic E-state index is 0.0408. The number of halogens is 3. The number of nitrogens with zero attached hydrogens (tertiary/aromatic N) is 2. The highest BCUT2D eigenvalue weighted by molar-refractivity contribution is 6.36. The molecule has 3 rings (SSSR count). The number of aromatic nitrogens is 2. The number of benzene rings is 1. The standard InChI is InChI=1S/C21H17Cl2FN4O3/c1-3-15(18-13(22)4-5-14(24)19(18)23)31-16-9-12(10-27-20(16)25)28-21(29)11-6-7-26-17(8-11)30-2/h3-10,15H,1H2,2H3,(H2,25,27)(H,28,29). The molecule has 0 aliphatic carbocycles. The molecule has 0 aliphatic heterocycles. The van der Waals surface area contributed by atoms with E-state index < -0.39 is 17.8 Å². The highest BCUT2D eigenvalue weighted by Gasteiger charge is 2.21. The lowest BCUT2D eigenvalue weighted by molar-refractivity contribution is 0.102. The van der Waals surface area contributed by atoms with Crippen molar-refractivity contribution in [2.45, 2.75) is 6.10 Å². The number of carbonyl (C=O) groups is 1. The largest absolute Gasteiger partial charge is 0.481 e. The summed E-state index contributed by atoms with van der Waals surface area (Å²) in [7, 11) is 1.45. The maximum absolute atomic E-state index is 13.9. The zero-order chi connectivity index (χ0) is 22.5. The van der Waals surface area contributed by atoms with Crippen LogP contribution in [-0.2, 0) is 0 Å². The average Bonchev–Trinajstić information content (AvgIpc) is 2.77. The van der Waals surface area contributed by atoms with Gasteiger partial charge in [0.15, 0.2) is 11.6 Å². The Labute approximate surface area is 187 Å². The fourth-order valence-electron chi connectivity index (χ4n) is 2.65. The third-order valence-corrected chi connectivity index (χ3v) is 4.89. The van der Waals surface area contributed by atoms with Gasteiger partial charge in [0.2, 0.25) is 5.88 Å². The van der Waals surface area contributed by atoms with Gasteiger partial charge in [-0.3, -0.25) is 4.79 Å². The second kappa shape index (κ2) is 9.63. The molecule has 0 saturated heterocycles. The van der Waals surface area contributed by atoms with Gasteiger partial charge in [-0.25, -0.2) is 14.4 Å². The Morgan fingerprint density at radius 3 is 2.77 bits per heavy atom. The molecular formula is C21H17Cl2FN4O3. The van der Waals surface area contributed by atoms with Crippen LogP contribution in [0.15, 0.2) is 55.4 Å². The third-order valence-electron chi connectivity index (χ3n) is 4.18. The van der Waals surface area contributed by atoms with Gasteiger partial charge in [0.25, 0.3) is 5.91 Å². The Bertz CT molecular complexity index is 1140. The second-order valence-electron chi connectivity index (χ2n) is 6.18. The number of carbonyl (C=O) groups excluding carboxylic acids is 1. The summed E-state index contributed by atoms with van der Waals surface area (Å²) in [6.07, 6.45) is 3.28. The average molecular weight is 463 g/mol. The summed E-state index contributed by atoms with van der Waals surface area (Å²) in [5.74, 6) is -0.624. The van der Waals surface area contributed by atoms with Crippen molar-refractivity contribution in [1.29, 1.82) is 0 Å². The minimum atomic E-state index is -0.921. The van der Waals surface area contributed by atoms with Gasteiger partial charge in [-0.1, -0.05) is 29.8 Å². The second-order valence-corrected chi connectivity index (χ2v) is 6.96. The number of rotatable bonds is 7. The number of anilines is 2. The maximum Gasteiger partial charge on any atom is 0.255 e. The van der Waals surface area contributed by atoms with Crippen LogP contribution in [0.25, 0.3) is 0 Å². The van der Waals surface area contributed by atoms with Gasteiger partial charge >= 0.3 is 0 Å². The van der Waals surface area contributed by atoms with Crippen molar-refractivity contribution in [2.75, 3.05) is 18.2 Å². The lowest BCUT2D eigenvalue weighted by atomic mass is 10.1. The van der Waals surface area contributed by atoms with Crippen molar-refractivity contribution in [3.05, 3.63) is 82.4 Å². The Morgan fingerprint density at radius 2 is 2.06 bits per heavy atom. The molecule has 0 spiro atoms. The highest BCUT2D eigenvalue weighted by Crippen LogP contribution is 2.37. The molecule has 1 aromatic carbocycles. The molecule has 7 nitrogen and oxygen atoms in total. The van der Waals surface area contributed by atoms with Crippen LogP contribution in [0.3, 0.4) is 0 Å². The van der Waals surface area contributed by atoms with Crippen LogP contribution in [0.1, 0.15) is 22.0 Å². The van der Waals surface area contributed by atoms with E-state index in [0.717, 1.165) is 6.07 Å². The van der Waals surface area contributed by atoms with Crippen LogP contribution in [0.5, 0.6) is 11.6 Å². The van der Waals surface area contributed by atoms with Crippen LogP contribution < -0.4 is 20.5 Å². The van der Waals surface area contributed by atoms with Gasteiger partial charge < -0.3 is 20.5 Å². The first-order valence-corrected chi connectivity index (χ1v) is 9.59. The number of ether oxygens (including phenoxy) is 2. The van der Waals surface area contributed by atoms with Crippen LogP contribution in [0.2, 0.25) is 10.0 Å². The van der Waals surface area contributed by atoms with E-state index >= 15 is 0 Å². The Morgan fingerprint density at radius 1 is 1.29 bits per heavy atom. The van der Waals surface area contributed by atoms with Crippen molar-refractivity contribution < 1.29 is 18.7 Å². The Balaban J connectivity index is 1.86. The van der Waals surface area contributed by atoms with Crippen molar-refractivity contribution in [3.8, 4) is 11.6 Å². The first kappa shape index (κ1) is 22.3. The van der Waals surface area contributed by atoms with E-state index in [0.29, 0.717) is 17.1 Å². The molecule has 0 fully saturated rings. The first-order chi connectivity index (χ1) is 14.8. The van der Waals surface area contributed by atoms with Gasteiger partial charge in [-0.2, -0.15) is 0 Å². The van der Waals surface area contributed by atoms with E-state index in [9.17, 15) is 9.18 Å². The van der Waals surface area contributed by atoms with E-state index in [1.807, 2.05) is 0 Å². The molecule has 0 bridgehead atoms. The zero-order valence-corrected chi connectivity index (χ0v) is 17.7. The molecule has 160 valence electrons. The summed E-state index contributed by atoms with van der Waals surface area (Å²) in [5, 5.41) is 2.68. The van der Waals surface area contributed by atoms with Crippen LogP contribution in [-0.4, -0.2) is 23.0 Å². The summed E-state index contributed by atoms with van der Waals surface area (Å²) in [6.45, 7) is 3.69. The summed E-state index contributed by atoms with van der Waals surface area (Å²) < 4.78 is 24.8. The monoisotopic (exact) mass is 462 g/mol. The van der Waals surface area contributed by atoms with Gasteiger partial charge in [-0.05, 0) is 24.3 Å². The van der Waals surface area contributed by atoms with Crippen molar-refractivity contribution >= 4 is 40.6 Å². The number of amides is 1. The predicted octanol–water partition coefficient (Wildman–Crippen LogP) is 5.07. The number of methoxy groups -OCH3 is 1. The molecular weight excluding hydrogens is 446 g/mol. The number of nitrogens with one attached hydrogen (secondary N) is 1. The topological polar surface area (TPSA) is 99.4 Å². The zero-order valence-electron chi connectivity index (χ0n) is 16.2. The van der Waals surface area contributed by atoms with Crippen molar-refractivity contribution in [1.82, 2.24) is 9.97 Å². The SMILES string of the molecule is C=CC(Oc1cc(NC(=O)c2ccnc(OC)c2)cnc1N)c1c(Cl)ccc(F)c1Cl. The number of hydrogen-bond donors (Lipinski definition) is 2. The lowest BCUT2D eigenvalue weighted by Gasteiger charge is -2.20. The molecule has 1 unspecified atom stereocenters. The van der Waals surface area contributed by atoms with E-state index in [4.69, 9.17) is 38.4 Å². The lowest BCUT2D eigenvalue weighted by Crippen LogP contribution is -2.14. The summed E-state index contributed by atoms with van der Waals surface area (Å²) >= 11 is 12.2. The fraction of sp³-hybridized carbons (Fsp3) is 0.0952. The van der Waals surface area contributed by atoms with Crippen molar-refractivity contribution in [2.24, 2.45) is 0 Å². The first-order valence-electron chi connectivity index (χ1n) is 8.83. The predicted molar refractivity (Wildman–Crippen MR) is 117 cm³/mol. The maximum atomic E-state index is 13.9. The van der Waals surface area contributed by atoms with E-state index in [-0.39, 0.29) is 27.2 Å². The van der Waals surface area contributed by atoms with E-state index in [1.54, 1.807) is 0 Å². The summed E-state index contributed by atoms with van der Waals surface area (Å²) in [6, 6.07) is 6.99. The molecule has 31 heavy (non-hydrogen) atoms. The van der Waals surface area contributed by atoms with Gasteiger partial charge in [0, 0.05) is 34.5 Å². The van der Waals surface area contributed by atoms with Crippen molar-refractivity contribution in [3.63, 3.8) is 0 Å². The van der Waals surface area contributed by atoms with E-state index in [2.05, 4.69) is 21.9 Å². The molecule has 10 heteroatoms. The third kappa shape index (κ3) is 5.04. The Kier molecular flexibility index (Phi) is 6.94. The van der Waals surface area contributed by atoms with Gasteiger partial charge in [-0.15, -0.1) is 0 Å². The molecule has 1 atom stereocenters. The van der Waals surface area contributed by atoms with Crippen LogP contribution >= 0.6 is 23.2 Å². The van der Waals surface area contributed by atoms with Gasteiger partial charge in [0.05, 0.1) is 24.0 Å². The number of pyridine rings is 2. The smallest absolute Gasteiger partial charge is 0.255 e. The molecule has 3 aromatic rings. The number of nitrogens with two attached hydrogens (primary N) is 1. The molecule has 3 N–H and O–H groups in total. The summed E-state index contributed by atoms with van der Waals surface area (Å²) in [5.41, 5.74) is 6.74. The van der Waals surface area contributed by atoms with E-state index in [1.165, 1.54) is 49.8 Å². The summed E-state index contributed by atoms with van der Waals surface area (Å²) in [4.78, 5) is 20.5. The molecule has 2 aromatic heterocycles. The quantitative estimate of drug-likeness (QED) is 0.375. The highest BCUT2D eigenvalue weighted by atomic mass is 35.5. The molecule has 0 aliphatic rings. The molecule has 2 heterocycles. The number of nitrogen functional groups attached to an aromatic ring is 1. The van der Waals surface area contributed by atoms with Crippen LogP contribution in [0, 0.1) is 5.82 Å². The van der Waals surface area contributed by atoms with Crippen LogP contribution in [0.4, 0.5) is 15.9 Å². The van der Waals surface area contributed by atoms with Gasteiger partial charge in [0.1, 0.15) is 11.9 Å². The molecule has 1 amide bonds. The Hall–Kier alpha value is -3.36.